The van der Waals surface area contributed by atoms with E-state index in [1.165, 1.54) is 17.0 Å². The summed E-state index contributed by atoms with van der Waals surface area (Å²) in [6, 6.07) is 2.90. The van der Waals surface area contributed by atoms with Crippen LogP contribution in [-0.4, -0.2) is 48.3 Å². The summed E-state index contributed by atoms with van der Waals surface area (Å²) < 4.78 is 0. The van der Waals surface area contributed by atoms with E-state index in [1.54, 1.807) is 11.9 Å². The molecule has 5 nitrogen and oxygen atoms in total. The lowest BCUT2D eigenvalue weighted by molar-refractivity contribution is -0.131. The van der Waals surface area contributed by atoms with Gasteiger partial charge >= 0.3 is 0 Å². The lowest BCUT2D eigenvalue weighted by Crippen LogP contribution is -2.41. The Hall–Kier alpha value is -1.46. The molecule has 0 saturated carbocycles. The van der Waals surface area contributed by atoms with Crippen LogP contribution in [0.25, 0.3) is 0 Å². The number of halogens is 2. The van der Waals surface area contributed by atoms with Gasteiger partial charge in [-0.1, -0.05) is 23.2 Å². The van der Waals surface area contributed by atoms with Gasteiger partial charge in [0.2, 0.25) is 5.91 Å². The smallest absolute Gasteiger partial charge is 0.254 e. The number of nitrogens with two attached hydrogens (primary N) is 1. The van der Waals surface area contributed by atoms with Crippen LogP contribution in [0, 0.1) is 0 Å². The van der Waals surface area contributed by atoms with Crippen LogP contribution in [0.4, 0.5) is 5.69 Å². The Bertz CT molecular complexity index is 522. The second-order valence-corrected chi connectivity index (χ2v) is 5.37. The monoisotopic (exact) mass is 331 g/mol. The van der Waals surface area contributed by atoms with Gasteiger partial charge in [-0.2, -0.15) is 0 Å². The average molecular weight is 332 g/mol. The minimum Gasteiger partial charge on any atom is -0.397 e. The predicted molar refractivity (Wildman–Crippen MR) is 85.8 cm³/mol. The van der Waals surface area contributed by atoms with Gasteiger partial charge in [0.1, 0.15) is 0 Å². The molecule has 1 aromatic carbocycles. The maximum atomic E-state index is 12.3. The Morgan fingerprint density at radius 3 is 2.24 bits per heavy atom. The van der Waals surface area contributed by atoms with Crippen molar-refractivity contribution in [2.75, 3.05) is 32.4 Å². The van der Waals surface area contributed by atoms with Gasteiger partial charge in [0.05, 0.1) is 22.3 Å². The van der Waals surface area contributed by atoms with E-state index in [4.69, 9.17) is 28.9 Å². The second-order valence-electron chi connectivity index (χ2n) is 4.59. The molecule has 21 heavy (non-hydrogen) atoms. The van der Waals surface area contributed by atoms with Crippen LogP contribution in [0.5, 0.6) is 0 Å². The number of amides is 2. The zero-order valence-corrected chi connectivity index (χ0v) is 13.8. The van der Waals surface area contributed by atoms with Gasteiger partial charge in [-0.15, -0.1) is 0 Å². The van der Waals surface area contributed by atoms with E-state index in [1.807, 2.05) is 13.8 Å². The number of carbonyl (C=O) groups is 2. The maximum absolute atomic E-state index is 12.3. The minimum absolute atomic E-state index is 0.000658. The first-order valence-corrected chi connectivity index (χ1v) is 7.35. The molecule has 116 valence electrons. The SMILES string of the molecule is CCN(CC)C(=O)CN(C)C(=O)c1cc(N)c(Cl)c(Cl)c1. The average Bonchev–Trinajstić information content (AvgIpc) is 2.44. The fourth-order valence-corrected chi connectivity index (χ4v) is 2.24. The molecule has 0 aromatic heterocycles. The van der Waals surface area contributed by atoms with Gasteiger partial charge in [0.15, 0.2) is 0 Å². The molecule has 7 heteroatoms. The molecule has 0 bridgehead atoms. The second kappa shape index (κ2) is 7.52. The number of carbonyl (C=O) groups excluding carboxylic acids is 2. The minimum atomic E-state index is -0.333. The standard InChI is InChI=1S/C14H19Cl2N3O2/c1-4-19(5-2)12(20)8-18(3)14(21)9-6-10(15)13(16)11(17)7-9/h6-7H,4-5,8,17H2,1-3H3. The summed E-state index contributed by atoms with van der Waals surface area (Å²) in [6.45, 7) is 5.00. The highest BCUT2D eigenvalue weighted by molar-refractivity contribution is 6.43. The maximum Gasteiger partial charge on any atom is 0.254 e. The first kappa shape index (κ1) is 17.6. The Labute approximate surface area is 134 Å². The molecule has 2 N–H and O–H groups in total. The number of rotatable bonds is 5. The van der Waals surface area contributed by atoms with Crippen molar-refractivity contribution >= 4 is 40.7 Å². The van der Waals surface area contributed by atoms with Gasteiger partial charge < -0.3 is 15.5 Å². The predicted octanol–water partition coefficient (Wildman–Crippen LogP) is 2.52. The first-order valence-electron chi connectivity index (χ1n) is 6.59. The number of benzene rings is 1. The van der Waals surface area contributed by atoms with Crippen molar-refractivity contribution < 1.29 is 9.59 Å². The molecule has 0 unspecified atom stereocenters. The molecule has 0 saturated heterocycles. The fraction of sp³-hybridized carbons (Fsp3) is 0.429. The van der Waals surface area contributed by atoms with Crippen molar-refractivity contribution in [3.63, 3.8) is 0 Å². The van der Waals surface area contributed by atoms with Crippen molar-refractivity contribution in [3.05, 3.63) is 27.7 Å². The highest BCUT2D eigenvalue weighted by atomic mass is 35.5. The number of nitrogen functional groups attached to an aromatic ring is 1. The van der Waals surface area contributed by atoms with E-state index in [0.717, 1.165) is 0 Å². The number of hydrogen-bond acceptors (Lipinski definition) is 3. The van der Waals surface area contributed by atoms with Crippen LogP contribution in [0.2, 0.25) is 10.0 Å². The van der Waals surface area contributed by atoms with Crippen LogP contribution in [0.15, 0.2) is 12.1 Å². The Balaban J connectivity index is 2.86. The number of nitrogens with zero attached hydrogens (tertiary/aromatic N) is 2. The zero-order valence-electron chi connectivity index (χ0n) is 12.3. The van der Waals surface area contributed by atoms with Crippen molar-refractivity contribution in [1.82, 2.24) is 9.80 Å². The summed E-state index contributed by atoms with van der Waals surface area (Å²) >= 11 is 11.8. The number of hydrogen-bond donors (Lipinski definition) is 1. The van der Waals surface area contributed by atoms with Crippen LogP contribution in [0.1, 0.15) is 24.2 Å². The highest BCUT2D eigenvalue weighted by Crippen LogP contribution is 2.29. The Morgan fingerprint density at radius 2 is 1.76 bits per heavy atom. The van der Waals surface area contributed by atoms with Crippen LogP contribution < -0.4 is 5.73 Å². The van der Waals surface area contributed by atoms with E-state index in [-0.39, 0.29) is 34.1 Å². The van der Waals surface area contributed by atoms with Crippen molar-refractivity contribution in [1.29, 1.82) is 0 Å². The summed E-state index contributed by atoms with van der Waals surface area (Å²) in [7, 11) is 1.56. The van der Waals surface area contributed by atoms with E-state index in [0.29, 0.717) is 18.7 Å². The quantitative estimate of drug-likeness (QED) is 0.843. The van der Waals surface area contributed by atoms with Crippen molar-refractivity contribution in [3.8, 4) is 0 Å². The number of likely N-dealkylation sites (N-methyl/N-ethyl adjacent to an activating group) is 2. The van der Waals surface area contributed by atoms with Gasteiger partial charge in [-0.05, 0) is 26.0 Å². The van der Waals surface area contributed by atoms with Gasteiger partial charge in [0, 0.05) is 25.7 Å². The topological polar surface area (TPSA) is 66.6 Å². The molecule has 0 heterocycles. The lowest BCUT2D eigenvalue weighted by atomic mass is 10.1. The van der Waals surface area contributed by atoms with E-state index < -0.39 is 0 Å². The van der Waals surface area contributed by atoms with Crippen molar-refractivity contribution in [2.45, 2.75) is 13.8 Å². The third kappa shape index (κ3) is 4.25. The third-order valence-electron chi connectivity index (χ3n) is 3.14. The normalized spacial score (nSPS) is 10.3. The van der Waals surface area contributed by atoms with Crippen molar-refractivity contribution in [2.24, 2.45) is 0 Å². The molecule has 0 fully saturated rings. The molecule has 0 aliphatic carbocycles. The molecule has 0 aliphatic heterocycles. The first-order chi connectivity index (χ1) is 9.81. The van der Waals surface area contributed by atoms with Crippen LogP contribution in [0.3, 0.4) is 0 Å². The van der Waals surface area contributed by atoms with E-state index >= 15 is 0 Å². The Morgan fingerprint density at radius 1 is 1.19 bits per heavy atom. The summed E-state index contributed by atoms with van der Waals surface area (Å²) in [4.78, 5) is 27.3. The molecule has 0 radical (unpaired) electrons. The van der Waals surface area contributed by atoms with Gasteiger partial charge in [-0.3, -0.25) is 9.59 Å². The summed E-state index contributed by atoms with van der Waals surface area (Å²) in [5.41, 5.74) is 6.22. The molecule has 0 spiro atoms. The highest BCUT2D eigenvalue weighted by Gasteiger charge is 2.19. The van der Waals surface area contributed by atoms with E-state index in [2.05, 4.69) is 0 Å². The zero-order chi connectivity index (χ0) is 16.2. The third-order valence-corrected chi connectivity index (χ3v) is 3.96. The molecular weight excluding hydrogens is 313 g/mol. The molecule has 1 aromatic rings. The summed E-state index contributed by atoms with van der Waals surface area (Å²) in [6.07, 6.45) is 0. The number of anilines is 1. The van der Waals surface area contributed by atoms with Crippen LogP contribution >= 0.6 is 23.2 Å². The molecule has 0 atom stereocenters. The largest absolute Gasteiger partial charge is 0.397 e. The van der Waals surface area contributed by atoms with Gasteiger partial charge in [-0.25, -0.2) is 0 Å². The molecule has 1 rings (SSSR count). The summed E-state index contributed by atoms with van der Waals surface area (Å²) in [5, 5.41) is 0.429. The summed E-state index contributed by atoms with van der Waals surface area (Å²) in [5.74, 6) is -0.440. The Kier molecular flexibility index (Phi) is 6.30. The molecule has 0 aliphatic rings. The molecule has 2 amide bonds. The fourth-order valence-electron chi connectivity index (χ4n) is 1.91. The van der Waals surface area contributed by atoms with Gasteiger partial charge in [0.25, 0.3) is 5.91 Å². The van der Waals surface area contributed by atoms with E-state index in [9.17, 15) is 9.59 Å². The van der Waals surface area contributed by atoms with Crippen LogP contribution in [-0.2, 0) is 4.79 Å². The lowest BCUT2D eigenvalue weighted by Gasteiger charge is -2.23. The molecular formula is C14H19Cl2N3O2.